The molecule has 7 heteroatoms. The predicted molar refractivity (Wildman–Crippen MR) is 109 cm³/mol. The van der Waals surface area contributed by atoms with Gasteiger partial charge in [-0.05, 0) is 49.6 Å². The highest BCUT2D eigenvalue weighted by Gasteiger charge is 2.30. The molecule has 1 heterocycles. The molecule has 0 spiro atoms. The number of piperidine rings is 1. The summed E-state index contributed by atoms with van der Waals surface area (Å²) in [6.45, 7) is 0.509. The van der Waals surface area contributed by atoms with E-state index in [1.54, 1.807) is 29.0 Å². The lowest BCUT2D eigenvalue weighted by Gasteiger charge is -2.34. The maximum atomic E-state index is 12.9. The molecule has 0 aromatic heterocycles. The van der Waals surface area contributed by atoms with Crippen LogP contribution in [0.2, 0.25) is 0 Å². The molecule has 2 amide bonds. The molecular weight excluding hydrogens is 390 g/mol. The summed E-state index contributed by atoms with van der Waals surface area (Å²) in [6.07, 6.45) is 1.52. The van der Waals surface area contributed by atoms with E-state index in [1.807, 2.05) is 31.2 Å². The SMILES string of the molecule is Cc1ccc(C(=O)N2CCCC(C(=O)N(C)Cc3ccc(OC(F)F)cc3)C2)cc1. The second-order valence-corrected chi connectivity index (χ2v) is 7.67. The quantitative estimate of drug-likeness (QED) is 0.712. The number of amides is 2. The molecule has 0 radical (unpaired) electrons. The van der Waals surface area contributed by atoms with Crippen molar-refractivity contribution in [2.24, 2.45) is 5.92 Å². The van der Waals surface area contributed by atoms with Gasteiger partial charge in [-0.2, -0.15) is 8.78 Å². The summed E-state index contributed by atoms with van der Waals surface area (Å²) in [7, 11) is 1.71. The first-order valence-corrected chi connectivity index (χ1v) is 9.98. The Balaban J connectivity index is 1.58. The molecule has 1 aliphatic heterocycles. The number of benzene rings is 2. The summed E-state index contributed by atoms with van der Waals surface area (Å²) in [4.78, 5) is 29.1. The Labute approximate surface area is 175 Å². The van der Waals surface area contributed by atoms with Crippen molar-refractivity contribution in [1.29, 1.82) is 0 Å². The van der Waals surface area contributed by atoms with Gasteiger partial charge in [0.1, 0.15) is 5.75 Å². The van der Waals surface area contributed by atoms with E-state index in [1.165, 1.54) is 12.1 Å². The molecule has 3 rings (SSSR count). The largest absolute Gasteiger partial charge is 0.435 e. The van der Waals surface area contributed by atoms with Crippen molar-refractivity contribution >= 4 is 11.8 Å². The molecule has 30 heavy (non-hydrogen) atoms. The van der Waals surface area contributed by atoms with Crippen molar-refractivity contribution in [2.75, 3.05) is 20.1 Å². The highest BCUT2D eigenvalue weighted by atomic mass is 19.3. The zero-order valence-corrected chi connectivity index (χ0v) is 17.2. The lowest BCUT2D eigenvalue weighted by Crippen LogP contribution is -2.45. The van der Waals surface area contributed by atoms with E-state index >= 15 is 0 Å². The Kier molecular flexibility index (Phi) is 7.03. The fraction of sp³-hybridized carbons (Fsp3) is 0.391. The Bertz CT molecular complexity index is 869. The minimum atomic E-state index is -2.86. The van der Waals surface area contributed by atoms with E-state index in [2.05, 4.69) is 4.74 Å². The van der Waals surface area contributed by atoms with Crippen LogP contribution in [0.1, 0.15) is 34.3 Å². The number of carbonyl (C=O) groups is 2. The third-order valence-electron chi connectivity index (χ3n) is 5.30. The van der Waals surface area contributed by atoms with Crippen LogP contribution in [0.25, 0.3) is 0 Å². The number of nitrogens with zero attached hydrogens (tertiary/aromatic N) is 2. The molecule has 2 aromatic carbocycles. The highest BCUT2D eigenvalue weighted by molar-refractivity contribution is 5.94. The Morgan fingerprint density at radius 2 is 1.80 bits per heavy atom. The van der Waals surface area contributed by atoms with E-state index in [0.29, 0.717) is 25.2 Å². The zero-order chi connectivity index (χ0) is 21.7. The number of ether oxygens (including phenoxy) is 1. The molecular formula is C23H26F2N2O3. The number of hydrogen-bond acceptors (Lipinski definition) is 3. The maximum Gasteiger partial charge on any atom is 0.387 e. The van der Waals surface area contributed by atoms with E-state index in [9.17, 15) is 18.4 Å². The summed E-state index contributed by atoms with van der Waals surface area (Å²) in [6, 6.07) is 13.7. The van der Waals surface area contributed by atoms with Crippen molar-refractivity contribution in [3.05, 3.63) is 65.2 Å². The van der Waals surface area contributed by atoms with Crippen LogP contribution in [0.15, 0.2) is 48.5 Å². The van der Waals surface area contributed by atoms with E-state index in [4.69, 9.17) is 0 Å². The average molecular weight is 416 g/mol. The fourth-order valence-electron chi connectivity index (χ4n) is 3.68. The molecule has 1 saturated heterocycles. The number of rotatable bonds is 6. The molecule has 0 N–H and O–H groups in total. The van der Waals surface area contributed by atoms with Crippen LogP contribution in [0, 0.1) is 12.8 Å². The van der Waals surface area contributed by atoms with Crippen LogP contribution in [0.3, 0.4) is 0 Å². The van der Waals surface area contributed by atoms with Crippen molar-refractivity contribution < 1.29 is 23.1 Å². The fourth-order valence-corrected chi connectivity index (χ4v) is 3.68. The zero-order valence-electron chi connectivity index (χ0n) is 17.2. The van der Waals surface area contributed by atoms with Gasteiger partial charge in [0.05, 0.1) is 5.92 Å². The smallest absolute Gasteiger partial charge is 0.387 e. The van der Waals surface area contributed by atoms with Crippen LogP contribution in [-0.4, -0.2) is 48.4 Å². The molecule has 5 nitrogen and oxygen atoms in total. The topological polar surface area (TPSA) is 49.9 Å². The lowest BCUT2D eigenvalue weighted by molar-refractivity contribution is -0.136. The van der Waals surface area contributed by atoms with Crippen LogP contribution in [-0.2, 0) is 11.3 Å². The van der Waals surface area contributed by atoms with Gasteiger partial charge >= 0.3 is 6.61 Å². The van der Waals surface area contributed by atoms with E-state index < -0.39 is 6.61 Å². The summed E-state index contributed by atoms with van der Waals surface area (Å²) >= 11 is 0. The van der Waals surface area contributed by atoms with E-state index in [0.717, 1.165) is 24.0 Å². The van der Waals surface area contributed by atoms with E-state index in [-0.39, 0.29) is 23.5 Å². The third-order valence-corrected chi connectivity index (χ3v) is 5.30. The average Bonchev–Trinajstić information content (AvgIpc) is 2.74. The standard InChI is InChI=1S/C23H26F2N2O3/c1-16-5-9-18(10-6-16)22(29)27-13-3-4-19(15-27)21(28)26(2)14-17-7-11-20(12-8-17)30-23(24)25/h5-12,19,23H,3-4,13-15H2,1-2H3. The number of alkyl halides is 2. The minimum Gasteiger partial charge on any atom is -0.435 e. The van der Waals surface area contributed by atoms with Crippen LogP contribution < -0.4 is 4.74 Å². The van der Waals surface area contributed by atoms with Gasteiger partial charge in [0.2, 0.25) is 5.91 Å². The molecule has 1 aliphatic rings. The molecule has 1 atom stereocenters. The first-order chi connectivity index (χ1) is 14.3. The highest BCUT2D eigenvalue weighted by Crippen LogP contribution is 2.22. The van der Waals surface area contributed by atoms with Gasteiger partial charge in [-0.1, -0.05) is 29.8 Å². The molecule has 0 saturated carbocycles. The lowest BCUT2D eigenvalue weighted by atomic mass is 9.95. The number of hydrogen-bond donors (Lipinski definition) is 0. The third kappa shape index (κ3) is 5.55. The van der Waals surface area contributed by atoms with Gasteiger partial charge in [-0.15, -0.1) is 0 Å². The molecule has 0 aliphatic carbocycles. The number of likely N-dealkylation sites (tertiary alicyclic amines) is 1. The summed E-state index contributed by atoms with van der Waals surface area (Å²) in [5.41, 5.74) is 2.54. The molecule has 2 aromatic rings. The summed E-state index contributed by atoms with van der Waals surface area (Å²) < 4.78 is 28.9. The normalized spacial score (nSPS) is 16.4. The molecule has 0 bridgehead atoms. The summed E-state index contributed by atoms with van der Waals surface area (Å²) in [5.74, 6) is -0.242. The van der Waals surface area contributed by atoms with Crippen molar-refractivity contribution in [1.82, 2.24) is 9.80 Å². The van der Waals surface area contributed by atoms with Gasteiger partial charge in [-0.3, -0.25) is 9.59 Å². The first kappa shape index (κ1) is 21.7. The van der Waals surface area contributed by atoms with Crippen molar-refractivity contribution in [3.63, 3.8) is 0 Å². The molecule has 160 valence electrons. The maximum absolute atomic E-state index is 12.9. The molecule has 1 unspecified atom stereocenters. The monoisotopic (exact) mass is 416 g/mol. The van der Waals surface area contributed by atoms with Gasteiger partial charge < -0.3 is 14.5 Å². The van der Waals surface area contributed by atoms with Crippen LogP contribution >= 0.6 is 0 Å². The Morgan fingerprint density at radius 1 is 1.13 bits per heavy atom. The van der Waals surface area contributed by atoms with Crippen LogP contribution in [0.5, 0.6) is 5.75 Å². The van der Waals surface area contributed by atoms with Gasteiger partial charge in [0, 0.05) is 32.2 Å². The van der Waals surface area contributed by atoms with Gasteiger partial charge in [0.25, 0.3) is 5.91 Å². The second-order valence-electron chi connectivity index (χ2n) is 7.67. The summed E-state index contributed by atoms with van der Waals surface area (Å²) in [5, 5.41) is 0. The Morgan fingerprint density at radius 3 is 2.43 bits per heavy atom. The first-order valence-electron chi connectivity index (χ1n) is 9.98. The minimum absolute atomic E-state index is 0.0238. The van der Waals surface area contributed by atoms with Crippen molar-refractivity contribution in [2.45, 2.75) is 32.9 Å². The second kappa shape index (κ2) is 9.69. The van der Waals surface area contributed by atoms with Gasteiger partial charge in [0.15, 0.2) is 0 Å². The number of halogens is 2. The van der Waals surface area contributed by atoms with Crippen LogP contribution in [0.4, 0.5) is 8.78 Å². The Hall–Kier alpha value is -2.96. The molecule has 1 fully saturated rings. The number of carbonyl (C=O) groups excluding carboxylic acids is 2. The van der Waals surface area contributed by atoms with Gasteiger partial charge in [-0.25, -0.2) is 0 Å². The predicted octanol–water partition coefficient (Wildman–Crippen LogP) is 4.11. The number of aryl methyl sites for hydroxylation is 1. The van der Waals surface area contributed by atoms with Crippen molar-refractivity contribution in [3.8, 4) is 5.75 Å².